The fourth-order valence-corrected chi connectivity index (χ4v) is 3.62. The van der Waals surface area contributed by atoms with E-state index in [-0.39, 0.29) is 16.6 Å². The number of anilines is 1. The van der Waals surface area contributed by atoms with Crippen LogP contribution in [0.2, 0.25) is 5.02 Å². The van der Waals surface area contributed by atoms with Gasteiger partial charge in [-0.3, -0.25) is 9.69 Å². The van der Waals surface area contributed by atoms with Gasteiger partial charge in [0.2, 0.25) is 0 Å². The molecule has 0 N–H and O–H groups in total. The molecule has 8 heteroatoms. The van der Waals surface area contributed by atoms with Gasteiger partial charge in [-0.15, -0.1) is 0 Å². The first-order chi connectivity index (χ1) is 12.5. The molecule has 7 nitrogen and oxygen atoms in total. The zero-order valence-electron chi connectivity index (χ0n) is 15.2. The summed E-state index contributed by atoms with van der Waals surface area (Å²) >= 11 is 6.33. The summed E-state index contributed by atoms with van der Waals surface area (Å²) in [5.74, 6) is 1.62. The fourth-order valence-electron chi connectivity index (χ4n) is 3.36. The third-order valence-corrected chi connectivity index (χ3v) is 5.43. The second kappa shape index (κ2) is 7.04. The van der Waals surface area contributed by atoms with Crippen LogP contribution in [-0.4, -0.2) is 46.0 Å². The quantitative estimate of drug-likeness (QED) is 0.798. The van der Waals surface area contributed by atoms with Gasteiger partial charge in [-0.2, -0.15) is 5.10 Å². The second-order valence-electron chi connectivity index (χ2n) is 7.45. The van der Waals surface area contributed by atoms with E-state index < -0.39 is 0 Å². The van der Waals surface area contributed by atoms with E-state index in [0.717, 1.165) is 49.9 Å². The Morgan fingerprint density at radius 3 is 2.65 bits per heavy atom. The minimum absolute atomic E-state index is 0.00566. The van der Waals surface area contributed by atoms with Crippen molar-refractivity contribution in [3.05, 3.63) is 39.1 Å². The van der Waals surface area contributed by atoms with Crippen molar-refractivity contribution in [1.82, 2.24) is 19.8 Å². The summed E-state index contributed by atoms with van der Waals surface area (Å²) in [6, 6.07) is 2.09. The van der Waals surface area contributed by atoms with Gasteiger partial charge in [-0.05, 0) is 26.7 Å². The Balaban J connectivity index is 1.38. The first-order valence-electron chi connectivity index (χ1n) is 9.23. The second-order valence-corrected chi connectivity index (χ2v) is 7.82. The van der Waals surface area contributed by atoms with Crippen LogP contribution in [0.15, 0.2) is 21.6 Å². The Kier molecular flexibility index (Phi) is 4.75. The Labute approximate surface area is 157 Å². The average molecular weight is 378 g/mol. The number of aromatic nitrogens is 3. The minimum atomic E-state index is -0.225. The molecule has 1 aliphatic carbocycles. The molecule has 0 aromatic carbocycles. The van der Waals surface area contributed by atoms with E-state index in [2.05, 4.69) is 26.1 Å². The topological polar surface area (TPSA) is 67.4 Å². The molecule has 0 bridgehead atoms. The van der Waals surface area contributed by atoms with Crippen molar-refractivity contribution in [1.29, 1.82) is 0 Å². The molecule has 0 unspecified atom stereocenters. The van der Waals surface area contributed by atoms with Gasteiger partial charge in [0.05, 0.1) is 23.6 Å². The molecule has 4 rings (SSSR count). The molecule has 0 atom stereocenters. The third-order valence-electron chi connectivity index (χ3n) is 5.07. The zero-order chi connectivity index (χ0) is 18.3. The molecule has 0 radical (unpaired) electrons. The number of piperazine rings is 1. The average Bonchev–Trinajstić information content (AvgIpc) is 3.38. The van der Waals surface area contributed by atoms with Gasteiger partial charge >= 0.3 is 0 Å². The molecule has 2 fully saturated rings. The zero-order valence-corrected chi connectivity index (χ0v) is 15.9. The highest BCUT2D eigenvalue weighted by Crippen LogP contribution is 2.40. The van der Waals surface area contributed by atoms with Gasteiger partial charge in [0.25, 0.3) is 5.56 Å². The number of hydrogen-bond donors (Lipinski definition) is 0. The molecule has 2 aromatic rings. The van der Waals surface area contributed by atoms with Crippen LogP contribution in [0, 0.1) is 0 Å². The smallest absolute Gasteiger partial charge is 0.287 e. The molecule has 2 aromatic heterocycles. The lowest BCUT2D eigenvalue weighted by molar-refractivity contribution is 0.241. The largest absolute Gasteiger partial charge is 0.366 e. The van der Waals surface area contributed by atoms with Crippen LogP contribution >= 0.6 is 11.6 Å². The molecule has 2 aliphatic rings. The monoisotopic (exact) mass is 377 g/mol. The van der Waals surface area contributed by atoms with E-state index in [1.54, 1.807) is 6.20 Å². The van der Waals surface area contributed by atoms with Gasteiger partial charge in [-0.25, -0.2) is 4.68 Å². The Morgan fingerprint density at radius 1 is 1.27 bits per heavy atom. The maximum Gasteiger partial charge on any atom is 0.287 e. The lowest BCUT2D eigenvalue weighted by Crippen LogP contribution is -2.46. The molecule has 140 valence electrons. The van der Waals surface area contributed by atoms with Gasteiger partial charge in [-0.1, -0.05) is 16.8 Å². The van der Waals surface area contributed by atoms with E-state index in [9.17, 15) is 4.79 Å². The summed E-state index contributed by atoms with van der Waals surface area (Å²) in [5.41, 5.74) is 1.50. The van der Waals surface area contributed by atoms with E-state index in [1.165, 1.54) is 17.5 Å². The Morgan fingerprint density at radius 2 is 2.00 bits per heavy atom. The first-order valence-corrected chi connectivity index (χ1v) is 9.61. The molecular weight excluding hydrogens is 354 g/mol. The summed E-state index contributed by atoms with van der Waals surface area (Å²) < 4.78 is 6.85. The SMILES string of the molecule is CC(C)n1ncc(N2CCN(Cc3cc(C4CC4)on3)CC2)c(Cl)c1=O. The number of halogens is 1. The molecular formula is C18H24ClN5O2. The van der Waals surface area contributed by atoms with Crippen LogP contribution in [-0.2, 0) is 6.54 Å². The first kappa shape index (κ1) is 17.5. The van der Waals surface area contributed by atoms with Gasteiger partial charge in [0, 0.05) is 44.7 Å². The van der Waals surface area contributed by atoms with Gasteiger partial charge in [0.15, 0.2) is 0 Å². The van der Waals surface area contributed by atoms with Crippen molar-refractivity contribution < 1.29 is 4.52 Å². The van der Waals surface area contributed by atoms with Crippen LogP contribution in [0.5, 0.6) is 0 Å². The van der Waals surface area contributed by atoms with E-state index in [0.29, 0.717) is 5.92 Å². The van der Waals surface area contributed by atoms with Crippen LogP contribution in [0.4, 0.5) is 5.69 Å². The van der Waals surface area contributed by atoms with E-state index in [1.807, 2.05) is 13.8 Å². The standard InChI is InChI=1S/C18H24ClN5O2/c1-12(2)24-18(25)17(19)15(10-20-24)23-7-5-22(6-8-23)11-14-9-16(26-21-14)13-3-4-13/h9-10,12-13H,3-8,11H2,1-2H3. The van der Waals surface area contributed by atoms with Crippen LogP contribution in [0.1, 0.15) is 50.1 Å². The Bertz CT molecular complexity index is 834. The maximum absolute atomic E-state index is 12.4. The highest BCUT2D eigenvalue weighted by atomic mass is 35.5. The Hall–Kier alpha value is -1.86. The van der Waals surface area contributed by atoms with Crippen molar-refractivity contribution in [3.63, 3.8) is 0 Å². The molecule has 3 heterocycles. The maximum atomic E-state index is 12.4. The fraction of sp³-hybridized carbons (Fsp3) is 0.611. The predicted molar refractivity (Wildman–Crippen MR) is 99.9 cm³/mol. The predicted octanol–water partition coefficient (Wildman–Crippen LogP) is 2.67. The van der Waals surface area contributed by atoms with Crippen LogP contribution < -0.4 is 10.5 Å². The van der Waals surface area contributed by atoms with Crippen molar-refractivity contribution >= 4 is 17.3 Å². The highest BCUT2D eigenvalue weighted by Gasteiger charge is 2.28. The van der Waals surface area contributed by atoms with Gasteiger partial charge < -0.3 is 9.42 Å². The summed E-state index contributed by atoms with van der Waals surface area (Å²) in [6.45, 7) is 8.01. The molecule has 0 amide bonds. The summed E-state index contributed by atoms with van der Waals surface area (Å²) in [4.78, 5) is 16.8. The van der Waals surface area contributed by atoms with Crippen LogP contribution in [0.25, 0.3) is 0 Å². The normalized spacial score (nSPS) is 18.7. The summed E-state index contributed by atoms with van der Waals surface area (Å²) in [5, 5.41) is 8.72. The minimum Gasteiger partial charge on any atom is -0.366 e. The van der Waals surface area contributed by atoms with Crippen molar-refractivity contribution in [3.8, 4) is 0 Å². The lowest BCUT2D eigenvalue weighted by atomic mass is 10.2. The number of nitrogens with zero attached hydrogens (tertiary/aromatic N) is 5. The van der Waals surface area contributed by atoms with E-state index in [4.69, 9.17) is 16.1 Å². The number of rotatable bonds is 5. The third kappa shape index (κ3) is 3.50. The number of hydrogen-bond acceptors (Lipinski definition) is 6. The van der Waals surface area contributed by atoms with E-state index >= 15 is 0 Å². The summed E-state index contributed by atoms with van der Waals surface area (Å²) in [7, 11) is 0. The molecule has 1 saturated carbocycles. The van der Waals surface area contributed by atoms with Gasteiger partial charge in [0.1, 0.15) is 10.8 Å². The van der Waals surface area contributed by atoms with Crippen LogP contribution in [0.3, 0.4) is 0 Å². The molecule has 26 heavy (non-hydrogen) atoms. The highest BCUT2D eigenvalue weighted by molar-refractivity contribution is 6.33. The molecule has 1 saturated heterocycles. The van der Waals surface area contributed by atoms with Crippen molar-refractivity contribution in [2.24, 2.45) is 0 Å². The van der Waals surface area contributed by atoms with Crippen molar-refractivity contribution in [2.45, 2.75) is 45.2 Å². The molecule has 0 spiro atoms. The lowest BCUT2D eigenvalue weighted by Gasteiger charge is -2.35. The van der Waals surface area contributed by atoms with Crippen molar-refractivity contribution in [2.75, 3.05) is 31.1 Å². The summed E-state index contributed by atoms with van der Waals surface area (Å²) in [6.07, 6.45) is 4.15. The molecule has 1 aliphatic heterocycles.